The van der Waals surface area contributed by atoms with Gasteiger partial charge in [0.15, 0.2) is 0 Å². The second-order valence-corrected chi connectivity index (χ2v) is 4.25. The number of carbonyl (C=O) groups excluding carboxylic acids is 1. The maximum Gasteiger partial charge on any atom is 0.357 e. The average Bonchev–Trinajstić information content (AvgIpc) is 2.38. The lowest BCUT2D eigenvalue weighted by molar-refractivity contribution is 0.0465. The van der Waals surface area contributed by atoms with Gasteiger partial charge in [0.25, 0.3) is 0 Å². The molecule has 6 heteroatoms. The summed E-state index contributed by atoms with van der Waals surface area (Å²) in [7, 11) is 0. The lowest BCUT2D eigenvalue weighted by Gasteiger charge is -2.04. The van der Waals surface area contributed by atoms with Gasteiger partial charge in [-0.25, -0.2) is 14.8 Å². The molecule has 2 aromatic heterocycles. The molecule has 0 aliphatic carbocycles. The van der Waals surface area contributed by atoms with Crippen LogP contribution in [0, 0.1) is 0 Å². The van der Waals surface area contributed by atoms with Crippen molar-refractivity contribution in [3.05, 3.63) is 58.1 Å². The van der Waals surface area contributed by atoms with Crippen molar-refractivity contribution < 1.29 is 9.53 Å². The maximum atomic E-state index is 11.6. The van der Waals surface area contributed by atoms with Crippen molar-refractivity contribution in [2.75, 3.05) is 0 Å². The third-order valence-electron chi connectivity index (χ3n) is 2.09. The van der Waals surface area contributed by atoms with Crippen LogP contribution in [0.25, 0.3) is 0 Å². The number of rotatable bonds is 3. The first-order chi connectivity index (χ1) is 8.65. The molecule has 18 heavy (non-hydrogen) atoms. The summed E-state index contributed by atoms with van der Waals surface area (Å²) in [4.78, 5) is 19.4. The summed E-state index contributed by atoms with van der Waals surface area (Å²) >= 11 is 11.4. The zero-order valence-electron chi connectivity index (χ0n) is 9.14. The molecule has 0 saturated heterocycles. The van der Waals surface area contributed by atoms with Gasteiger partial charge in [0.2, 0.25) is 0 Å². The van der Waals surface area contributed by atoms with Gasteiger partial charge in [-0.3, -0.25) is 0 Å². The SMILES string of the molecule is O=C(OCc1ccc(Cl)nc1)c1cc(Cl)ccn1. The lowest BCUT2D eigenvalue weighted by Crippen LogP contribution is -2.07. The number of carbonyl (C=O) groups is 1. The predicted molar refractivity (Wildman–Crippen MR) is 67.6 cm³/mol. The van der Waals surface area contributed by atoms with Crippen LogP contribution in [-0.4, -0.2) is 15.9 Å². The minimum atomic E-state index is -0.535. The summed E-state index contributed by atoms with van der Waals surface area (Å²) < 4.78 is 5.07. The fraction of sp³-hybridized carbons (Fsp3) is 0.0833. The van der Waals surface area contributed by atoms with Crippen molar-refractivity contribution in [1.29, 1.82) is 0 Å². The molecule has 0 N–H and O–H groups in total. The van der Waals surface area contributed by atoms with E-state index in [1.54, 1.807) is 24.4 Å². The minimum Gasteiger partial charge on any atom is -0.456 e. The van der Waals surface area contributed by atoms with Crippen LogP contribution in [0.1, 0.15) is 16.1 Å². The van der Waals surface area contributed by atoms with Crippen LogP contribution in [0.2, 0.25) is 10.2 Å². The van der Waals surface area contributed by atoms with Crippen LogP contribution in [-0.2, 0) is 11.3 Å². The first-order valence-corrected chi connectivity index (χ1v) is 5.80. The Kier molecular flexibility index (Phi) is 4.12. The molecule has 0 fully saturated rings. The first-order valence-electron chi connectivity index (χ1n) is 5.04. The Morgan fingerprint density at radius 2 is 2.06 bits per heavy atom. The van der Waals surface area contributed by atoms with Crippen LogP contribution >= 0.6 is 23.2 Å². The van der Waals surface area contributed by atoms with Crippen molar-refractivity contribution in [2.24, 2.45) is 0 Å². The Morgan fingerprint density at radius 1 is 1.22 bits per heavy atom. The second kappa shape index (κ2) is 5.80. The molecule has 0 aliphatic rings. The van der Waals surface area contributed by atoms with Gasteiger partial charge >= 0.3 is 5.97 Å². The molecule has 0 saturated carbocycles. The topological polar surface area (TPSA) is 52.1 Å². The Morgan fingerprint density at radius 3 is 2.72 bits per heavy atom. The van der Waals surface area contributed by atoms with Gasteiger partial charge in [0.1, 0.15) is 17.5 Å². The molecular formula is C12H8Cl2N2O2. The number of aromatic nitrogens is 2. The van der Waals surface area contributed by atoms with E-state index in [1.165, 1.54) is 12.3 Å². The third-order valence-corrected chi connectivity index (χ3v) is 2.55. The van der Waals surface area contributed by atoms with E-state index in [0.717, 1.165) is 5.56 Å². The van der Waals surface area contributed by atoms with Gasteiger partial charge in [0.05, 0.1) is 0 Å². The highest BCUT2D eigenvalue weighted by Crippen LogP contribution is 2.11. The summed E-state index contributed by atoms with van der Waals surface area (Å²) in [6.45, 7) is 0.108. The molecular weight excluding hydrogens is 275 g/mol. The number of hydrogen-bond acceptors (Lipinski definition) is 4. The van der Waals surface area contributed by atoms with Crippen molar-refractivity contribution in [3.63, 3.8) is 0 Å². The summed E-state index contributed by atoms with van der Waals surface area (Å²) in [6.07, 6.45) is 2.99. The van der Waals surface area contributed by atoms with Crippen LogP contribution in [0.4, 0.5) is 0 Å². The Bertz CT molecular complexity index is 558. The molecule has 0 aromatic carbocycles. The Hall–Kier alpha value is -1.65. The number of hydrogen-bond donors (Lipinski definition) is 0. The largest absolute Gasteiger partial charge is 0.456 e. The number of halogens is 2. The van der Waals surface area contributed by atoms with Crippen LogP contribution in [0.15, 0.2) is 36.7 Å². The van der Waals surface area contributed by atoms with Gasteiger partial charge < -0.3 is 4.74 Å². The highest BCUT2D eigenvalue weighted by atomic mass is 35.5. The highest BCUT2D eigenvalue weighted by Gasteiger charge is 2.09. The Labute approximate surface area is 114 Å². The molecule has 92 valence electrons. The monoisotopic (exact) mass is 282 g/mol. The first kappa shape index (κ1) is 12.8. The van der Waals surface area contributed by atoms with Crippen molar-refractivity contribution in [2.45, 2.75) is 6.61 Å². The number of pyridine rings is 2. The molecule has 0 aliphatic heterocycles. The van der Waals surface area contributed by atoms with E-state index in [0.29, 0.717) is 10.2 Å². The molecule has 0 radical (unpaired) electrons. The van der Waals surface area contributed by atoms with E-state index in [1.807, 2.05) is 0 Å². The van der Waals surface area contributed by atoms with Crippen LogP contribution in [0.3, 0.4) is 0 Å². The molecule has 2 aromatic rings. The van der Waals surface area contributed by atoms with Gasteiger partial charge in [0, 0.05) is 23.0 Å². The minimum absolute atomic E-state index is 0.108. The smallest absolute Gasteiger partial charge is 0.357 e. The normalized spacial score (nSPS) is 10.1. The quantitative estimate of drug-likeness (QED) is 0.641. The van der Waals surface area contributed by atoms with E-state index in [2.05, 4.69) is 9.97 Å². The van der Waals surface area contributed by atoms with E-state index in [-0.39, 0.29) is 12.3 Å². The summed E-state index contributed by atoms with van der Waals surface area (Å²) in [6, 6.07) is 6.39. The zero-order valence-corrected chi connectivity index (χ0v) is 10.6. The molecule has 0 spiro atoms. The molecule has 0 amide bonds. The fourth-order valence-electron chi connectivity index (χ4n) is 1.23. The average molecular weight is 283 g/mol. The van der Waals surface area contributed by atoms with Gasteiger partial charge in [-0.2, -0.15) is 0 Å². The summed E-state index contributed by atoms with van der Waals surface area (Å²) in [5.74, 6) is -0.535. The highest BCUT2D eigenvalue weighted by molar-refractivity contribution is 6.30. The maximum absolute atomic E-state index is 11.6. The lowest BCUT2D eigenvalue weighted by atomic mass is 10.3. The number of nitrogens with zero attached hydrogens (tertiary/aromatic N) is 2. The molecule has 0 bridgehead atoms. The fourth-order valence-corrected chi connectivity index (χ4v) is 1.50. The molecule has 0 atom stereocenters. The van der Waals surface area contributed by atoms with E-state index >= 15 is 0 Å². The van der Waals surface area contributed by atoms with Gasteiger partial charge in [-0.15, -0.1) is 0 Å². The second-order valence-electron chi connectivity index (χ2n) is 3.42. The number of esters is 1. The predicted octanol–water partition coefficient (Wildman–Crippen LogP) is 3.14. The summed E-state index contributed by atoms with van der Waals surface area (Å²) in [5, 5.41) is 0.826. The van der Waals surface area contributed by atoms with Gasteiger partial charge in [-0.1, -0.05) is 29.3 Å². The molecule has 0 unspecified atom stereocenters. The van der Waals surface area contributed by atoms with Gasteiger partial charge in [-0.05, 0) is 18.2 Å². The van der Waals surface area contributed by atoms with Crippen molar-refractivity contribution in [3.8, 4) is 0 Å². The van der Waals surface area contributed by atoms with Crippen molar-refractivity contribution >= 4 is 29.2 Å². The standard InChI is InChI=1S/C12H8Cl2N2O2/c13-9-3-4-15-10(5-9)12(17)18-7-8-1-2-11(14)16-6-8/h1-6H,7H2. The zero-order chi connectivity index (χ0) is 13.0. The molecule has 4 nitrogen and oxygen atoms in total. The summed E-state index contributed by atoms with van der Waals surface area (Å²) in [5.41, 5.74) is 0.916. The Balaban J connectivity index is 1.98. The van der Waals surface area contributed by atoms with Crippen LogP contribution in [0.5, 0.6) is 0 Å². The van der Waals surface area contributed by atoms with Crippen LogP contribution < -0.4 is 0 Å². The number of ether oxygens (including phenoxy) is 1. The van der Waals surface area contributed by atoms with E-state index in [9.17, 15) is 4.79 Å². The molecule has 2 rings (SSSR count). The third kappa shape index (κ3) is 3.42. The van der Waals surface area contributed by atoms with E-state index < -0.39 is 5.97 Å². The van der Waals surface area contributed by atoms with Crippen molar-refractivity contribution in [1.82, 2.24) is 9.97 Å². The van der Waals surface area contributed by atoms with E-state index in [4.69, 9.17) is 27.9 Å². The molecule has 2 heterocycles.